The van der Waals surface area contributed by atoms with Crippen molar-refractivity contribution in [1.82, 2.24) is 0 Å². The first-order valence-electron chi connectivity index (χ1n) is 7.64. The molecule has 0 rings (SSSR count). The van der Waals surface area contributed by atoms with Gasteiger partial charge in [0.1, 0.15) is 0 Å². The number of esters is 1. The van der Waals surface area contributed by atoms with Crippen LogP contribution in [0.25, 0.3) is 0 Å². The third-order valence-electron chi connectivity index (χ3n) is 2.79. The quantitative estimate of drug-likeness (QED) is 0.267. The average Bonchev–Trinajstić information content (AvgIpc) is 2.36. The molecule has 0 bridgehead atoms. The second-order valence-corrected chi connectivity index (χ2v) is 6.71. The van der Waals surface area contributed by atoms with Crippen LogP contribution < -0.4 is 0 Å². The first-order valence-corrected chi connectivity index (χ1v) is 9.06. The van der Waals surface area contributed by atoms with Crippen LogP contribution in [0, 0.1) is 0 Å². The molecule has 6 heteroatoms. The molecule has 0 aliphatic carbocycles. The Bertz CT molecular complexity index is 318. The van der Waals surface area contributed by atoms with Crippen LogP contribution in [0.4, 0.5) is 0 Å². The van der Waals surface area contributed by atoms with Gasteiger partial charge in [-0.2, -0.15) is 0 Å². The van der Waals surface area contributed by atoms with Crippen LogP contribution in [0.1, 0.15) is 61.3 Å². The molecule has 0 saturated carbocycles. The Balaban J connectivity index is 4.62. The molecule has 0 N–H and O–H groups in total. The molecule has 0 aliphatic rings. The molecule has 0 fully saturated rings. The van der Waals surface area contributed by atoms with Crippen LogP contribution in [0.2, 0.25) is 0 Å². The highest BCUT2D eigenvalue weighted by molar-refractivity contribution is 6.37. The minimum atomic E-state index is -2.31. The number of hydrogen-bond acceptors (Lipinski definition) is 5. The number of allylic oxidation sites excluding steroid dienone is 1. The van der Waals surface area contributed by atoms with Gasteiger partial charge in [-0.15, -0.1) is 0 Å². The third-order valence-corrected chi connectivity index (χ3v) is 4.73. The van der Waals surface area contributed by atoms with Crippen molar-refractivity contribution in [3.63, 3.8) is 0 Å². The minimum Gasteiger partial charge on any atom is -0.602 e. The van der Waals surface area contributed by atoms with E-state index in [0.29, 0.717) is 5.76 Å². The largest absolute Gasteiger partial charge is 1.00 e. The Hall–Kier alpha value is -0.538. The first-order chi connectivity index (χ1) is 9.78. The number of carbonyl (C=O) groups is 1. The fourth-order valence-corrected chi connectivity index (χ4v) is 2.97. The maximum atomic E-state index is 11.6. The summed E-state index contributed by atoms with van der Waals surface area (Å²) >= 11 is -2.31. The summed E-state index contributed by atoms with van der Waals surface area (Å²) in [6.45, 7) is 13.4. The highest BCUT2D eigenvalue weighted by Gasteiger charge is 2.38. The lowest BCUT2D eigenvalue weighted by Gasteiger charge is -2.21. The zero-order valence-electron chi connectivity index (χ0n) is 14.3. The normalized spacial score (nSPS) is 14.8. The first kappa shape index (κ1) is 20.5. The van der Waals surface area contributed by atoms with E-state index < -0.39 is 21.1 Å². The van der Waals surface area contributed by atoms with Gasteiger partial charge in [0.05, 0.1) is 17.9 Å². The van der Waals surface area contributed by atoms with E-state index in [9.17, 15) is 4.79 Å². The summed E-state index contributed by atoms with van der Waals surface area (Å²) in [4.78, 5) is 11.6. The highest BCUT2D eigenvalue weighted by Crippen LogP contribution is 2.10. The molecule has 0 aliphatic heterocycles. The predicted octanol–water partition coefficient (Wildman–Crippen LogP) is 3.47. The molecule has 0 spiro atoms. The van der Waals surface area contributed by atoms with E-state index >= 15 is 0 Å². The van der Waals surface area contributed by atoms with Gasteiger partial charge in [-0.1, -0.05) is 13.8 Å². The van der Waals surface area contributed by atoms with E-state index in [1.165, 1.54) is 6.08 Å². The smallest absolute Gasteiger partial charge is 0.602 e. The van der Waals surface area contributed by atoms with Crippen LogP contribution >= 0.6 is 0 Å². The SMILES string of the molecule is CCC(C)[O][Al]([O]/C(C)=C\C(=O)OC(C)C)[O]C(C)CC. The average molecular weight is 316 g/mol. The van der Waals surface area contributed by atoms with Crippen molar-refractivity contribution in [3.05, 3.63) is 11.8 Å². The van der Waals surface area contributed by atoms with E-state index in [4.69, 9.17) is 16.1 Å². The Morgan fingerprint density at radius 3 is 1.90 bits per heavy atom. The molecular formula is C15H29AlO5. The van der Waals surface area contributed by atoms with Crippen LogP contribution in [0.15, 0.2) is 11.8 Å². The molecule has 0 radical (unpaired) electrons. The Labute approximate surface area is 134 Å². The number of rotatable bonds is 10. The molecular weight excluding hydrogens is 287 g/mol. The molecule has 0 heterocycles. The molecule has 122 valence electrons. The van der Waals surface area contributed by atoms with Crippen molar-refractivity contribution in [2.24, 2.45) is 0 Å². The monoisotopic (exact) mass is 316 g/mol. The second-order valence-electron chi connectivity index (χ2n) is 5.36. The number of carbonyl (C=O) groups excluding carboxylic acids is 1. The molecule has 2 unspecified atom stereocenters. The third kappa shape index (κ3) is 10.8. The lowest BCUT2D eigenvalue weighted by atomic mass is 10.3. The standard InChI is InChI=1S/C7H12O3.2C4H9O.Al/c1-5(2)10-7(9)4-6(3)8;2*1-3-4(2)5;/h4-5,8H,1-3H3;2*4H,3H2,1-2H3;/q;2*-1;+3/p-1/b6-4-;;;. The summed E-state index contributed by atoms with van der Waals surface area (Å²) < 4.78 is 22.4. The molecule has 5 nitrogen and oxygen atoms in total. The molecule has 0 saturated heterocycles. The fourth-order valence-electron chi connectivity index (χ4n) is 1.28. The summed E-state index contributed by atoms with van der Waals surface area (Å²) in [5.74, 6) is 0.0475. The Kier molecular flexibility index (Phi) is 10.8. The van der Waals surface area contributed by atoms with Gasteiger partial charge in [0.15, 0.2) is 0 Å². The van der Waals surface area contributed by atoms with E-state index in [1.807, 2.05) is 27.7 Å². The molecule has 0 amide bonds. The maximum Gasteiger partial charge on any atom is 1.00 e. The van der Waals surface area contributed by atoms with E-state index in [1.54, 1.807) is 20.8 Å². The predicted molar refractivity (Wildman–Crippen MR) is 83.5 cm³/mol. The molecule has 0 aromatic heterocycles. The van der Waals surface area contributed by atoms with Gasteiger partial charge in [-0.25, -0.2) is 4.79 Å². The van der Waals surface area contributed by atoms with Crippen LogP contribution in [-0.2, 0) is 20.9 Å². The van der Waals surface area contributed by atoms with Gasteiger partial charge in [-0.05, 0) is 47.5 Å². The van der Waals surface area contributed by atoms with Crippen molar-refractivity contribution < 1.29 is 20.9 Å². The van der Waals surface area contributed by atoms with E-state index in [-0.39, 0.29) is 18.3 Å². The van der Waals surface area contributed by atoms with Crippen LogP contribution in [0.3, 0.4) is 0 Å². The van der Waals surface area contributed by atoms with Crippen LogP contribution in [0.5, 0.6) is 0 Å². The lowest BCUT2D eigenvalue weighted by molar-refractivity contribution is -0.141. The number of ether oxygens (including phenoxy) is 1. The molecule has 21 heavy (non-hydrogen) atoms. The topological polar surface area (TPSA) is 54.0 Å². The van der Waals surface area contributed by atoms with E-state index in [0.717, 1.165) is 12.8 Å². The van der Waals surface area contributed by atoms with Crippen molar-refractivity contribution in [3.8, 4) is 0 Å². The van der Waals surface area contributed by atoms with Crippen LogP contribution in [-0.4, -0.2) is 39.4 Å². The summed E-state index contributed by atoms with van der Waals surface area (Å²) in [6.07, 6.45) is 3.09. The summed E-state index contributed by atoms with van der Waals surface area (Å²) in [7, 11) is 0. The molecule has 0 aromatic rings. The molecule has 0 aromatic carbocycles. The van der Waals surface area contributed by atoms with Gasteiger partial charge in [0.2, 0.25) is 0 Å². The number of hydrogen-bond donors (Lipinski definition) is 0. The maximum absolute atomic E-state index is 11.6. The van der Waals surface area contributed by atoms with Crippen molar-refractivity contribution in [2.45, 2.75) is 79.6 Å². The van der Waals surface area contributed by atoms with Gasteiger partial charge in [0.25, 0.3) is 0 Å². The van der Waals surface area contributed by atoms with Gasteiger partial charge in [0, 0.05) is 12.2 Å². The zero-order chi connectivity index (χ0) is 16.4. The van der Waals surface area contributed by atoms with Gasteiger partial charge in [-0.3, -0.25) is 0 Å². The van der Waals surface area contributed by atoms with Crippen molar-refractivity contribution >= 4 is 21.1 Å². The van der Waals surface area contributed by atoms with E-state index in [2.05, 4.69) is 0 Å². The molecule has 2 atom stereocenters. The minimum absolute atomic E-state index is 0.0705. The van der Waals surface area contributed by atoms with Gasteiger partial charge < -0.3 is 16.1 Å². The van der Waals surface area contributed by atoms with Gasteiger partial charge >= 0.3 is 21.1 Å². The Morgan fingerprint density at radius 2 is 1.52 bits per heavy atom. The Morgan fingerprint density at radius 1 is 1.05 bits per heavy atom. The summed E-state index contributed by atoms with van der Waals surface area (Å²) in [5, 5.41) is 0. The van der Waals surface area contributed by atoms with Crippen molar-refractivity contribution in [2.75, 3.05) is 0 Å². The lowest BCUT2D eigenvalue weighted by Crippen LogP contribution is -2.33. The zero-order valence-corrected chi connectivity index (χ0v) is 15.5. The fraction of sp³-hybridized carbons (Fsp3) is 0.800. The highest BCUT2D eigenvalue weighted by atomic mass is 27.3. The second kappa shape index (κ2) is 11.1. The van der Waals surface area contributed by atoms with Crippen molar-refractivity contribution in [1.29, 1.82) is 0 Å². The summed E-state index contributed by atoms with van der Waals surface area (Å²) in [6, 6.07) is 0. The summed E-state index contributed by atoms with van der Waals surface area (Å²) in [5.41, 5.74) is 0.